The van der Waals surface area contributed by atoms with Crippen molar-refractivity contribution in [1.82, 2.24) is 0 Å². The van der Waals surface area contributed by atoms with Crippen LogP contribution in [0.15, 0.2) is 59.1 Å². The summed E-state index contributed by atoms with van der Waals surface area (Å²) >= 11 is 3.38. The third-order valence-electron chi connectivity index (χ3n) is 3.50. The summed E-state index contributed by atoms with van der Waals surface area (Å²) in [5, 5.41) is 2.63. The van der Waals surface area contributed by atoms with Gasteiger partial charge in [0, 0.05) is 21.8 Å². The van der Waals surface area contributed by atoms with Crippen LogP contribution >= 0.6 is 15.9 Å². The van der Waals surface area contributed by atoms with E-state index in [0.29, 0.717) is 11.3 Å². The maximum absolute atomic E-state index is 12.2. The summed E-state index contributed by atoms with van der Waals surface area (Å²) in [5.41, 5.74) is 1.78. The maximum Gasteiger partial charge on any atom is 0.331 e. The standard InChI is InChI=1S/C20H18BrNO4/c1-13(23)16-7-5-8-17(12-16)22-20(25)14(2)26-19(24)11-10-15-6-3-4-9-18(15)21/h3-12,14H,1-2H3,(H,22,25)/b11-10+/t14-/m1/s1. The molecule has 26 heavy (non-hydrogen) atoms. The molecule has 5 nitrogen and oxygen atoms in total. The molecule has 1 N–H and O–H groups in total. The zero-order valence-corrected chi connectivity index (χ0v) is 15.9. The number of esters is 1. The molecule has 0 aliphatic carbocycles. The lowest BCUT2D eigenvalue weighted by atomic mass is 10.1. The van der Waals surface area contributed by atoms with E-state index in [2.05, 4.69) is 21.2 Å². The van der Waals surface area contributed by atoms with Gasteiger partial charge in [0.05, 0.1) is 0 Å². The van der Waals surface area contributed by atoms with Crippen molar-refractivity contribution in [1.29, 1.82) is 0 Å². The van der Waals surface area contributed by atoms with Crippen molar-refractivity contribution in [2.75, 3.05) is 5.32 Å². The van der Waals surface area contributed by atoms with Gasteiger partial charge in [-0.25, -0.2) is 4.79 Å². The topological polar surface area (TPSA) is 72.5 Å². The molecular weight excluding hydrogens is 398 g/mol. The second-order valence-electron chi connectivity index (χ2n) is 5.56. The molecule has 0 saturated heterocycles. The van der Waals surface area contributed by atoms with E-state index in [-0.39, 0.29) is 5.78 Å². The summed E-state index contributed by atoms with van der Waals surface area (Å²) in [5.74, 6) is -1.20. The number of anilines is 1. The van der Waals surface area contributed by atoms with Gasteiger partial charge in [0.25, 0.3) is 5.91 Å². The second kappa shape index (κ2) is 9.10. The fourth-order valence-corrected chi connectivity index (χ4v) is 2.51. The second-order valence-corrected chi connectivity index (χ2v) is 6.41. The van der Waals surface area contributed by atoms with Crippen LogP contribution in [-0.2, 0) is 14.3 Å². The molecule has 0 radical (unpaired) electrons. The minimum atomic E-state index is -0.979. The van der Waals surface area contributed by atoms with Crippen molar-refractivity contribution in [2.45, 2.75) is 20.0 Å². The fraction of sp³-hybridized carbons (Fsp3) is 0.150. The van der Waals surface area contributed by atoms with Gasteiger partial charge in [-0.15, -0.1) is 0 Å². The van der Waals surface area contributed by atoms with Gasteiger partial charge in [-0.3, -0.25) is 9.59 Å². The van der Waals surface area contributed by atoms with Crippen molar-refractivity contribution < 1.29 is 19.1 Å². The van der Waals surface area contributed by atoms with Crippen LogP contribution in [0.1, 0.15) is 29.8 Å². The molecule has 1 atom stereocenters. The molecule has 0 spiro atoms. The molecule has 0 fully saturated rings. The number of carbonyl (C=O) groups is 3. The van der Waals surface area contributed by atoms with Crippen molar-refractivity contribution in [3.63, 3.8) is 0 Å². The van der Waals surface area contributed by atoms with E-state index in [9.17, 15) is 14.4 Å². The van der Waals surface area contributed by atoms with Gasteiger partial charge < -0.3 is 10.1 Å². The highest BCUT2D eigenvalue weighted by molar-refractivity contribution is 9.10. The summed E-state index contributed by atoms with van der Waals surface area (Å²) in [6.07, 6.45) is 1.89. The zero-order chi connectivity index (χ0) is 19.1. The van der Waals surface area contributed by atoms with Crippen LogP contribution in [0.3, 0.4) is 0 Å². The highest BCUT2D eigenvalue weighted by atomic mass is 79.9. The Bertz CT molecular complexity index is 860. The molecule has 0 unspecified atom stereocenters. The van der Waals surface area contributed by atoms with Gasteiger partial charge in [-0.1, -0.05) is 46.3 Å². The normalized spacial score (nSPS) is 11.8. The molecule has 1 amide bonds. The molecule has 2 aromatic carbocycles. The summed E-state index contributed by atoms with van der Waals surface area (Å²) in [7, 11) is 0. The fourth-order valence-electron chi connectivity index (χ4n) is 2.09. The number of halogens is 1. The molecule has 2 rings (SSSR count). The smallest absolute Gasteiger partial charge is 0.331 e. The van der Waals surface area contributed by atoms with Gasteiger partial charge in [0.1, 0.15) is 0 Å². The number of amides is 1. The summed E-state index contributed by atoms with van der Waals surface area (Å²) in [6, 6.07) is 14.0. The lowest BCUT2D eigenvalue weighted by Gasteiger charge is -2.12. The van der Waals surface area contributed by atoms with Crippen LogP contribution in [0.5, 0.6) is 0 Å². The Kier molecular flexibility index (Phi) is 6.86. The predicted molar refractivity (Wildman–Crippen MR) is 104 cm³/mol. The Morgan fingerprint density at radius 2 is 1.85 bits per heavy atom. The largest absolute Gasteiger partial charge is 0.449 e. The highest BCUT2D eigenvalue weighted by Crippen LogP contribution is 2.17. The van der Waals surface area contributed by atoms with Gasteiger partial charge in [0.2, 0.25) is 0 Å². The van der Waals surface area contributed by atoms with Crippen LogP contribution in [0.2, 0.25) is 0 Å². The van der Waals surface area contributed by atoms with Crippen LogP contribution in [0, 0.1) is 0 Å². The maximum atomic E-state index is 12.2. The first-order valence-electron chi connectivity index (χ1n) is 7.92. The van der Waals surface area contributed by atoms with Crippen molar-refractivity contribution in [3.05, 3.63) is 70.2 Å². The first-order chi connectivity index (χ1) is 12.4. The number of carbonyl (C=O) groups excluding carboxylic acids is 3. The van der Waals surface area contributed by atoms with Crippen molar-refractivity contribution in [3.8, 4) is 0 Å². The van der Waals surface area contributed by atoms with Gasteiger partial charge in [0.15, 0.2) is 11.9 Å². The van der Waals surface area contributed by atoms with Crippen molar-refractivity contribution >= 4 is 45.4 Å². The number of nitrogens with one attached hydrogen (secondary N) is 1. The Hall–Kier alpha value is -2.73. The van der Waals surface area contributed by atoms with Crippen LogP contribution in [0.25, 0.3) is 6.08 Å². The first-order valence-corrected chi connectivity index (χ1v) is 8.71. The number of ketones is 1. The lowest BCUT2D eigenvalue weighted by molar-refractivity contribution is -0.148. The third kappa shape index (κ3) is 5.67. The van der Waals surface area contributed by atoms with Crippen LogP contribution in [0.4, 0.5) is 5.69 Å². The van der Waals surface area contributed by atoms with Crippen molar-refractivity contribution in [2.24, 2.45) is 0 Å². The molecule has 0 bridgehead atoms. The van der Waals surface area contributed by atoms with E-state index in [0.717, 1.165) is 10.0 Å². The van der Waals surface area contributed by atoms with E-state index in [1.807, 2.05) is 24.3 Å². The monoisotopic (exact) mass is 415 g/mol. The average Bonchev–Trinajstić information content (AvgIpc) is 2.61. The number of benzene rings is 2. The molecule has 0 aromatic heterocycles. The molecular formula is C20H18BrNO4. The minimum absolute atomic E-state index is 0.0993. The van der Waals surface area contributed by atoms with Gasteiger partial charge >= 0.3 is 5.97 Å². The molecule has 0 saturated carbocycles. The number of ether oxygens (including phenoxy) is 1. The SMILES string of the molecule is CC(=O)c1cccc(NC(=O)[C@@H](C)OC(=O)/C=C/c2ccccc2Br)c1. The number of Topliss-reactive ketones (excluding diaryl/α,β-unsaturated/α-hetero) is 1. The Balaban J connectivity index is 1.94. The molecule has 0 aliphatic heterocycles. The molecule has 0 aliphatic rings. The zero-order valence-electron chi connectivity index (χ0n) is 14.4. The number of hydrogen-bond donors (Lipinski definition) is 1. The third-order valence-corrected chi connectivity index (χ3v) is 4.23. The van der Waals surface area contributed by atoms with E-state index >= 15 is 0 Å². The average molecular weight is 416 g/mol. The van der Waals surface area contributed by atoms with Gasteiger partial charge in [-0.05, 0) is 43.7 Å². The molecule has 2 aromatic rings. The molecule has 6 heteroatoms. The van der Waals surface area contributed by atoms with Crippen LogP contribution < -0.4 is 5.32 Å². The summed E-state index contributed by atoms with van der Waals surface area (Å²) < 4.78 is 5.95. The Morgan fingerprint density at radius 3 is 2.54 bits per heavy atom. The first kappa shape index (κ1) is 19.6. The van der Waals surface area contributed by atoms with Gasteiger partial charge in [-0.2, -0.15) is 0 Å². The summed E-state index contributed by atoms with van der Waals surface area (Å²) in [6.45, 7) is 2.93. The van der Waals surface area contributed by atoms with Crippen LogP contribution in [-0.4, -0.2) is 23.8 Å². The quantitative estimate of drug-likeness (QED) is 0.435. The lowest BCUT2D eigenvalue weighted by Crippen LogP contribution is -2.29. The number of rotatable bonds is 6. The van der Waals surface area contributed by atoms with E-state index in [1.54, 1.807) is 30.3 Å². The summed E-state index contributed by atoms with van der Waals surface area (Å²) in [4.78, 5) is 35.4. The van der Waals surface area contributed by atoms with E-state index in [4.69, 9.17) is 4.74 Å². The predicted octanol–water partition coefficient (Wildman–Crippen LogP) is 4.24. The highest BCUT2D eigenvalue weighted by Gasteiger charge is 2.17. The van der Waals surface area contributed by atoms with E-state index < -0.39 is 18.0 Å². The Labute approximate surface area is 160 Å². The molecule has 0 heterocycles. The Morgan fingerprint density at radius 1 is 1.12 bits per heavy atom. The van der Waals surface area contributed by atoms with E-state index in [1.165, 1.54) is 19.9 Å². The molecule has 134 valence electrons. The minimum Gasteiger partial charge on any atom is -0.449 e. The number of hydrogen-bond acceptors (Lipinski definition) is 4.